The van der Waals surface area contributed by atoms with Crippen molar-refractivity contribution in [3.8, 4) is 0 Å². The van der Waals surface area contributed by atoms with Crippen LogP contribution in [0.1, 0.15) is 37.2 Å². The molecule has 1 aromatic heterocycles. The molecule has 1 fully saturated rings. The number of halogens is 1. The van der Waals surface area contributed by atoms with Crippen LogP contribution >= 0.6 is 12.4 Å². The molecule has 2 N–H and O–H groups in total. The summed E-state index contributed by atoms with van der Waals surface area (Å²) in [5.74, 6) is 0.373. The molecule has 0 radical (unpaired) electrons. The second-order valence-corrected chi connectivity index (χ2v) is 4.82. The summed E-state index contributed by atoms with van der Waals surface area (Å²) in [5.41, 5.74) is 5.95. The van der Waals surface area contributed by atoms with E-state index < -0.39 is 0 Å². The van der Waals surface area contributed by atoms with Gasteiger partial charge in [0.05, 0.1) is 0 Å². The molecule has 4 nitrogen and oxygen atoms in total. The monoisotopic (exact) mass is 255 g/mol. The van der Waals surface area contributed by atoms with Gasteiger partial charge in [-0.1, -0.05) is 6.07 Å². The van der Waals surface area contributed by atoms with Gasteiger partial charge in [-0.05, 0) is 38.8 Å². The van der Waals surface area contributed by atoms with E-state index >= 15 is 0 Å². The normalized spacial score (nSPS) is 17.6. The SMILES string of the molecule is CC1(C)CCCN1C(=O)c1cccc(N)n1.Cl. The number of aromatic nitrogens is 1. The van der Waals surface area contributed by atoms with E-state index in [1.165, 1.54) is 0 Å². The van der Waals surface area contributed by atoms with Crippen LogP contribution in [0.5, 0.6) is 0 Å². The highest BCUT2D eigenvalue weighted by atomic mass is 35.5. The first-order valence-corrected chi connectivity index (χ1v) is 5.55. The van der Waals surface area contributed by atoms with Gasteiger partial charge in [0, 0.05) is 12.1 Å². The van der Waals surface area contributed by atoms with Crippen molar-refractivity contribution in [3.05, 3.63) is 23.9 Å². The molecule has 1 aliphatic rings. The van der Waals surface area contributed by atoms with Gasteiger partial charge in [0.25, 0.3) is 5.91 Å². The molecule has 0 aromatic carbocycles. The predicted octanol–water partition coefficient (Wildman–Crippen LogP) is 2.10. The van der Waals surface area contributed by atoms with Crippen molar-refractivity contribution >= 4 is 24.1 Å². The molecule has 5 heteroatoms. The Kier molecular flexibility index (Phi) is 3.98. The van der Waals surface area contributed by atoms with E-state index in [1.54, 1.807) is 18.2 Å². The third-order valence-electron chi connectivity index (χ3n) is 3.14. The van der Waals surface area contributed by atoms with Crippen molar-refractivity contribution < 1.29 is 4.79 Å². The Morgan fingerprint density at radius 1 is 1.47 bits per heavy atom. The summed E-state index contributed by atoms with van der Waals surface area (Å²) in [7, 11) is 0. The maximum atomic E-state index is 12.2. The van der Waals surface area contributed by atoms with Crippen LogP contribution in [-0.4, -0.2) is 27.9 Å². The lowest BCUT2D eigenvalue weighted by Gasteiger charge is -2.31. The van der Waals surface area contributed by atoms with Gasteiger partial charge in [0.2, 0.25) is 0 Å². The lowest BCUT2D eigenvalue weighted by atomic mass is 10.0. The number of amides is 1. The van der Waals surface area contributed by atoms with Crippen LogP contribution < -0.4 is 5.73 Å². The number of anilines is 1. The van der Waals surface area contributed by atoms with Crippen LogP contribution in [-0.2, 0) is 0 Å². The van der Waals surface area contributed by atoms with Crippen LogP contribution in [0.25, 0.3) is 0 Å². The van der Waals surface area contributed by atoms with Crippen molar-refractivity contribution in [1.29, 1.82) is 0 Å². The smallest absolute Gasteiger partial charge is 0.272 e. The zero-order chi connectivity index (χ0) is 11.8. The third-order valence-corrected chi connectivity index (χ3v) is 3.14. The molecule has 0 saturated carbocycles. The van der Waals surface area contributed by atoms with Gasteiger partial charge < -0.3 is 10.6 Å². The summed E-state index contributed by atoms with van der Waals surface area (Å²) in [6, 6.07) is 5.16. The summed E-state index contributed by atoms with van der Waals surface area (Å²) in [6.45, 7) is 4.98. The van der Waals surface area contributed by atoms with Gasteiger partial charge in [-0.15, -0.1) is 12.4 Å². The quantitative estimate of drug-likeness (QED) is 0.836. The Labute approximate surface area is 108 Å². The van der Waals surface area contributed by atoms with Crippen molar-refractivity contribution in [2.75, 3.05) is 12.3 Å². The largest absolute Gasteiger partial charge is 0.384 e. The molecule has 17 heavy (non-hydrogen) atoms. The highest BCUT2D eigenvalue weighted by molar-refractivity contribution is 5.93. The number of nitrogens with zero attached hydrogens (tertiary/aromatic N) is 2. The zero-order valence-corrected chi connectivity index (χ0v) is 11.0. The number of carbonyl (C=O) groups excluding carboxylic acids is 1. The van der Waals surface area contributed by atoms with Gasteiger partial charge in [0.15, 0.2) is 0 Å². The average molecular weight is 256 g/mol. The Morgan fingerprint density at radius 3 is 2.71 bits per heavy atom. The van der Waals surface area contributed by atoms with Crippen molar-refractivity contribution in [1.82, 2.24) is 9.88 Å². The van der Waals surface area contributed by atoms with Crippen molar-refractivity contribution in [2.45, 2.75) is 32.2 Å². The van der Waals surface area contributed by atoms with Gasteiger partial charge in [-0.2, -0.15) is 0 Å². The van der Waals surface area contributed by atoms with E-state index in [-0.39, 0.29) is 23.9 Å². The number of hydrogen-bond acceptors (Lipinski definition) is 3. The molecule has 2 rings (SSSR count). The lowest BCUT2D eigenvalue weighted by Crippen LogP contribution is -2.43. The second kappa shape index (κ2) is 4.92. The second-order valence-electron chi connectivity index (χ2n) is 4.82. The molecule has 1 aromatic rings. The minimum atomic E-state index is -0.0661. The molecule has 0 bridgehead atoms. The Balaban J connectivity index is 0.00000144. The van der Waals surface area contributed by atoms with Gasteiger partial charge in [-0.25, -0.2) is 4.98 Å². The highest BCUT2D eigenvalue weighted by Crippen LogP contribution is 2.29. The maximum Gasteiger partial charge on any atom is 0.272 e. The Hall–Kier alpha value is -1.29. The fraction of sp³-hybridized carbons (Fsp3) is 0.500. The first-order valence-electron chi connectivity index (χ1n) is 5.55. The van der Waals surface area contributed by atoms with Gasteiger partial charge in [-0.3, -0.25) is 4.79 Å². The molecule has 0 spiro atoms. The number of pyridine rings is 1. The van der Waals surface area contributed by atoms with E-state index in [9.17, 15) is 4.79 Å². The van der Waals surface area contributed by atoms with Crippen LogP contribution in [0.2, 0.25) is 0 Å². The topological polar surface area (TPSA) is 59.2 Å². The number of nitrogen functional groups attached to an aromatic ring is 1. The fourth-order valence-electron chi connectivity index (χ4n) is 2.19. The van der Waals surface area contributed by atoms with E-state index in [2.05, 4.69) is 18.8 Å². The van der Waals surface area contributed by atoms with Crippen molar-refractivity contribution in [2.24, 2.45) is 0 Å². The first kappa shape index (κ1) is 13.8. The lowest BCUT2D eigenvalue weighted by molar-refractivity contribution is 0.0646. The average Bonchev–Trinajstić information content (AvgIpc) is 2.57. The third kappa shape index (κ3) is 2.69. The molecule has 1 amide bonds. The minimum absolute atomic E-state index is 0. The standard InChI is InChI=1S/C12H17N3O.ClH/c1-12(2)7-4-8-15(12)11(16)9-5-3-6-10(13)14-9;/h3,5-6H,4,7-8H2,1-2H3,(H2,13,14);1H. The molecular weight excluding hydrogens is 238 g/mol. The van der Waals surface area contributed by atoms with Gasteiger partial charge in [0.1, 0.15) is 11.5 Å². The summed E-state index contributed by atoms with van der Waals surface area (Å²) < 4.78 is 0. The van der Waals surface area contributed by atoms with Crippen LogP contribution in [0.3, 0.4) is 0 Å². The van der Waals surface area contributed by atoms with E-state index in [0.29, 0.717) is 11.5 Å². The fourth-order valence-corrected chi connectivity index (χ4v) is 2.19. The van der Waals surface area contributed by atoms with Crippen molar-refractivity contribution in [3.63, 3.8) is 0 Å². The summed E-state index contributed by atoms with van der Waals surface area (Å²) >= 11 is 0. The predicted molar refractivity (Wildman–Crippen MR) is 70.2 cm³/mol. The Morgan fingerprint density at radius 2 is 2.18 bits per heavy atom. The Bertz CT molecular complexity index is 420. The van der Waals surface area contributed by atoms with Gasteiger partial charge >= 0.3 is 0 Å². The summed E-state index contributed by atoms with van der Waals surface area (Å²) in [4.78, 5) is 18.2. The minimum Gasteiger partial charge on any atom is -0.384 e. The number of likely N-dealkylation sites (tertiary alicyclic amines) is 1. The molecule has 1 aliphatic heterocycles. The molecular formula is C12H18ClN3O. The molecule has 0 unspecified atom stereocenters. The van der Waals surface area contributed by atoms with E-state index in [1.807, 2.05) is 4.90 Å². The van der Waals surface area contributed by atoms with E-state index in [4.69, 9.17) is 5.73 Å². The van der Waals surface area contributed by atoms with Crippen LogP contribution in [0.15, 0.2) is 18.2 Å². The molecule has 0 aliphatic carbocycles. The number of rotatable bonds is 1. The van der Waals surface area contributed by atoms with E-state index in [0.717, 1.165) is 19.4 Å². The zero-order valence-electron chi connectivity index (χ0n) is 10.1. The summed E-state index contributed by atoms with van der Waals surface area (Å²) in [5, 5.41) is 0. The molecule has 2 heterocycles. The van der Waals surface area contributed by atoms with Crippen LogP contribution in [0, 0.1) is 0 Å². The summed E-state index contributed by atoms with van der Waals surface area (Å²) in [6.07, 6.45) is 2.10. The van der Waals surface area contributed by atoms with Crippen LogP contribution in [0.4, 0.5) is 5.82 Å². The molecule has 1 saturated heterocycles. The molecule has 0 atom stereocenters. The first-order chi connectivity index (χ1) is 7.50. The highest BCUT2D eigenvalue weighted by Gasteiger charge is 2.36. The maximum absolute atomic E-state index is 12.2. The molecule has 94 valence electrons. The number of nitrogens with two attached hydrogens (primary N) is 1. The number of carbonyl (C=O) groups is 1. The number of hydrogen-bond donors (Lipinski definition) is 1.